The monoisotopic (exact) mass is 352 g/mol. The lowest BCUT2D eigenvalue weighted by molar-refractivity contribution is 0.286. The summed E-state index contributed by atoms with van der Waals surface area (Å²) in [6.07, 6.45) is 5.29. The van der Waals surface area contributed by atoms with Crippen LogP contribution in [-0.4, -0.2) is 54.5 Å². The van der Waals surface area contributed by atoms with Gasteiger partial charge in [-0.15, -0.1) is 24.0 Å². The van der Waals surface area contributed by atoms with E-state index in [0.29, 0.717) is 12.0 Å². The molecule has 0 bridgehead atoms. The largest absolute Gasteiger partial charge is 0.370 e. The van der Waals surface area contributed by atoms with Crippen LogP contribution in [-0.2, 0) is 0 Å². The molecule has 0 heterocycles. The average Bonchev–Trinajstić information content (AvgIpc) is 3.15. The van der Waals surface area contributed by atoms with Gasteiger partial charge in [-0.05, 0) is 32.2 Å². The predicted molar refractivity (Wildman–Crippen MR) is 83.0 cm³/mol. The third-order valence-electron chi connectivity index (χ3n) is 3.59. The summed E-state index contributed by atoms with van der Waals surface area (Å²) in [4.78, 5) is 9.09. The summed E-state index contributed by atoms with van der Waals surface area (Å²) in [7, 11) is 2.05. The Bertz CT molecular complexity index is 261. The number of rotatable bonds is 6. The van der Waals surface area contributed by atoms with Gasteiger partial charge in [-0.1, -0.05) is 6.92 Å². The van der Waals surface area contributed by atoms with Crippen molar-refractivity contribution < 1.29 is 0 Å². The van der Waals surface area contributed by atoms with Crippen molar-refractivity contribution in [1.29, 1.82) is 0 Å². The molecule has 2 N–H and O–H groups in total. The maximum atomic E-state index is 5.93. The van der Waals surface area contributed by atoms with Crippen molar-refractivity contribution in [2.75, 3.05) is 26.7 Å². The standard InChI is InChI=1S/C12H24N4.HI/c1-3-16(11-6-7-11)9-8-14-12(13)15(2)10-4-5-10;/h10-11H,3-9H2,1-2H3,(H2,13,14);1H. The van der Waals surface area contributed by atoms with Gasteiger partial charge in [0, 0.05) is 25.7 Å². The van der Waals surface area contributed by atoms with Crippen LogP contribution in [0.2, 0.25) is 0 Å². The van der Waals surface area contributed by atoms with Crippen molar-refractivity contribution in [2.45, 2.75) is 44.7 Å². The molecule has 0 aliphatic heterocycles. The fourth-order valence-corrected chi connectivity index (χ4v) is 2.09. The number of aliphatic imine (C=N–C) groups is 1. The van der Waals surface area contributed by atoms with Gasteiger partial charge in [0.05, 0.1) is 6.54 Å². The lowest BCUT2D eigenvalue weighted by Crippen LogP contribution is -2.36. The molecule has 0 saturated heterocycles. The molecule has 2 rings (SSSR count). The molecule has 0 spiro atoms. The molecule has 2 saturated carbocycles. The summed E-state index contributed by atoms with van der Waals surface area (Å²) in [6.45, 7) is 5.26. The van der Waals surface area contributed by atoms with Crippen LogP contribution in [0.15, 0.2) is 4.99 Å². The van der Waals surface area contributed by atoms with Crippen LogP contribution in [0.5, 0.6) is 0 Å². The molecule has 2 aliphatic carbocycles. The molecule has 0 unspecified atom stereocenters. The lowest BCUT2D eigenvalue weighted by atomic mass is 10.4. The molecule has 0 aromatic heterocycles. The van der Waals surface area contributed by atoms with Crippen molar-refractivity contribution in [2.24, 2.45) is 10.7 Å². The molecule has 17 heavy (non-hydrogen) atoms. The molecule has 2 fully saturated rings. The van der Waals surface area contributed by atoms with E-state index >= 15 is 0 Å². The van der Waals surface area contributed by atoms with Gasteiger partial charge < -0.3 is 10.6 Å². The Balaban J connectivity index is 0.00000144. The summed E-state index contributed by atoms with van der Waals surface area (Å²) < 4.78 is 0. The Morgan fingerprint density at radius 3 is 2.29 bits per heavy atom. The second-order valence-corrected chi connectivity index (χ2v) is 4.94. The van der Waals surface area contributed by atoms with Gasteiger partial charge in [0.2, 0.25) is 0 Å². The van der Waals surface area contributed by atoms with Gasteiger partial charge in [0.1, 0.15) is 0 Å². The van der Waals surface area contributed by atoms with Crippen molar-refractivity contribution in [3.8, 4) is 0 Å². The molecule has 2 aliphatic rings. The van der Waals surface area contributed by atoms with Crippen LogP contribution in [0.3, 0.4) is 0 Å². The Hall–Kier alpha value is -0.0400. The van der Waals surface area contributed by atoms with E-state index in [1.807, 2.05) is 0 Å². The van der Waals surface area contributed by atoms with E-state index in [0.717, 1.165) is 25.7 Å². The first-order valence-electron chi connectivity index (χ1n) is 6.49. The molecule has 0 aromatic rings. The highest BCUT2D eigenvalue weighted by Gasteiger charge is 2.28. The number of likely N-dealkylation sites (N-methyl/N-ethyl adjacent to an activating group) is 1. The van der Waals surface area contributed by atoms with E-state index in [9.17, 15) is 0 Å². The first-order chi connectivity index (χ1) is 7.72. The second-order valence-electron chi connectivity index (χ2n) is 4.94. The van der Waals surface area contributed by atoms with Gasteiger partial charge in [-0.3, -0.25) is 9.89 Å². The molecular weight excluding hydrogens is 327 g/mol. The van der Waals surface area contributed by atoms with Crippen molar-refractivity contribution >= 4 is 29.9 Å². The van der Waals surface area contributed by atoms with Crippen molar-refractivity contribution in [1.82, 2.24) is 9.80 Å². The van der Waals surface area contributed by atoms with Crippen LogP contribution >= 0.6 is 24.0 Å². The first kappa shape index (κ1) is 15.0. The molecule has 100 valence electrons. The highest BCUT2D eigenvalue weighted by atomic mass is 127. The SMILES string of the molecule is CCN(CCN=C(N)N(C)C1CC1)C1CC1.I. The minimum atomic E-state index is 0. The van der Waals surface area contributed by atoms with Crippen LogP contribution in [0.1, 0.15) is 32.6 Å². The summed E-state index contributed by atoms with van der Waals surface area (Å²) in [6, 6.07) is 1.50. The zero-order valence-corrected chi connectivity index (χ0v) is 13.3. The quantitative estimate of drug-likeness (QED) is 0.448. The number of nitrogens with zero attached hydrogens (tertiary/aromatic N) is 3. The predicted octanol–water partition coefficient (Wildman–Crippen LogP) is 1.50. The summed E-state index contributed by atoms with van der Waals surface area (Å²) in [5, 5.41) is 0. The summed E-state index contributed by atoms with van der Waals surface area (Å²) >= 11 is 0. The molecule has 0 radical (unpaired) electrons. The molecule has 5 heteroatoms. The zero-order valence-electron chi connectivity index (χ0n) is 10.9. The van der Waals surface area contributed by atoms with Gasteiger partial charge in [0.15, 0.2) is 5.96 Å². The van der Waals surface area contributed by atoms with Crippen LogP contribution in [0.4, 0.5) is 0 Å². The van der Waals surface area contributed by atoms with Gasteiger partial charge in [-0.25, -0.2) is 0 Å². The van der Waals surface area contributed by atoms with Crippen LogP contribution in [0, 0.1) is 0 Å². The van der Waals surface area contributed by atoms with E-state index in [4.69, 9.17) is 5.73 Å². The normalized spacial score (nSPS) is 20.3. The molecule has 0 amide bonds. The minimum absolute atomic E-state index is 0. The number of hydrogen-bond acceptors (Lipinski definition) is 2. The minimum Gasteiger partial charge on any atom is -0.370 e. The highest BCUT2D eigenvalue weighted by Crippen LogP contribution is 2.26. The van der Waals surface area contributed by atoms with E-state index in [2.05, 4.69) is 28.8 Å². The van der Waals surface area contributed by atoms with Crippen LogP contribution < -0.4 is 5.73 Å². The highest BCUT2D eigenvalue weighted by molar-refractivity contribution is 14.0. The fraction of sp³-hybridized carbons (Fsp3) is 0.917. The third-order valence-corrected chi connectivity index (χ3v) is 3.59. The smallest absolute Gasteiger partial charge is 0.191 e. The van der Waals surface area contributed by atoms with Gasteiger partial charge in [0.25, 0.3) is 0 Å². The zero-order chi connectivity index (χ0) is 11.5. The van der Waals surface area contributed by atoms with Crippen LogP contribution in [0.25, 0.3) is 0 Å². The summed E-state index contributed by atoms with van der Waals surface area (Å²) in [5.41, 5.74) is 5.93. The third kappa shape index (κ3) is 4.62. The molecule has 0 aromatic carbocycles. The number of guanidine groups is 1. The van der Waals surface area contributed by atoms with E-state index < -0.39 is 0 Å². The second kappa shape index (κ2) is 6.78. The van der Waals surface area contributed by atoms with Gasteiger partial charge in [-0.2, -0.15) is 0 Å². The fourth-order valence-electron chi connectivity index (χ4n) is 2.09. The van der Waals surface area contributed by atoms with E-state index in [1.54, 1.807) is 0 Å². The summed E-state index contributed by atoms with van der Waals surface area (Å²) in [5.74, 6) is 0.717. The lowest BCUT2D eigenvalue weighted by Gasteiger charge is -2.20. The Morgan fingerprint density at radius 2 is 1.82 bits per heavy atom. The Labute approximate surface area is 122 Å². The Morgan fingerprint density at radius 1 is 1.24 bits per heavy atom. The topological polar surface area (TPSA) is 44.9 Å². The number of halogens is 1. The van der Waals surface area contributed by atoms with E-state index in [1.165, 1.54) is 25.7 Å². The number of hydrogen-bond donors (Lipinski definition) is 1. The molecule has 0 atom stereocenters. The maximum Gasteiger partial charge on any atom is 0.191 e. The first-order valence-corrected chi connectivity index (χ1v) is 6.49. The maximum absolute atomic E-state index is 5.93. The Kier molecular flexibility index (Phi) is 5.99. The average molecular weight is 352 g/mol. The molecule has 4 nitrogen and oxygen atoms in total. The van der Waals surface area contributed by atoms with Crippen molar-refractivity contribution in [3.63, 3.8) is 0 Å². The van der Waals surface area contributed by atoms with Crippen molar-refractivity contribution in [3.05, 3.63) is 0 Å². The van der Waals surface area contributed by atoms with Gasteiger partial charge >= 0.3 is 0 Å². The number of nitrogens with two attached hydrogens (primary N) is 1. The van der Waals surface area contributed by atoms with E-state index in [-0.39, 0.29) is 24.0 Å². The molecular formula is C12H25IN4.